The minimum Gasteiger partial charge on any atom is -0.497 e. The Kier molecular flexibility index (Phi) is 7.00. The monoisotopic (exact) mass is 373 g/mol. The van der Waals surface area contributed by atoms with Crippen LogP contribution in [0.25, 0.3) is 6.08 Å². The average molecular weight is 373 g/mol. The van der Waals surface area contributed by atoms with Gasteiger partial charge in [-0.05, 0) is 30.3 Å². The van der Waals surface area contributed by atoms with Gasteiger partial charge >= 0.3 is 11.8 Å². The van der Waals surface area contributed by atoms with Crippen LogP contribution in [0.2, 0.25) is 0 Å². The lowest BCUT2D eigenvalue weighted by molar-refractivity contribution is -0.140. The predicted octanol–water partition coefficient (Wildman–Crippen LogP) is 0.774. The van der Waals surface area contributed by atoms with Gasteiger partial charge in [-0.25, -0.2) is 0 Å². The van der Waals surface area contributed by atoms with Gasteiger partial charge in [-0.1, -0.05) is 0 Å². The van der Waals surface area contributed by atoms with Crippen LogP contribution in [-0.2, 0) is 20.9 Å². The molecule has 9 heteroatoms. The number of rotatable bonds is 6. The SMILES string of the molecule is COc1ccc(/C=C/C(=O)NNC(=O)C(=O)NCc2ccco2)c(OC)c1. The molecule has 0 atom stereocenters. The van der Waals surface area contributed by atoms with E-state index in [4.69, 9.17) is 13.9 Å². The molecule has 0 aliphatic rings. The van der Waals surface area contributed by atoms with E-state index in [-0.39, 0.29) is 6.54 Å². The van der Waals surface area contributed by atoms with Gasteiger partial charge in [0.05, 0.1) is 27.0 Å². The second kappa shape index (κ2) is 9.66. The number of hydrogen-bond acceptors (Lipinski definition) is 6. The number of benzene rings is 1. The fourth-order valence-electron chi connectivity index (χ4n) is 2.00. The fraction of sp³-hybridized carbons (Fsp3) is 0.167. The Labute approximate surface area is 155 Å². The van der Waals surface area contributed by atoms with Gasteiger partial charge in [0.2, 0.25) is 0 Å². The van der Waals surface area contributed by atoms with E-state index in [9.17, 15) is 14.4 Å². The Bertz CT molecular complexity index is 830. The van der Waals surface area contributed by atoms with E-state index in [1.165, 1.54) is 32.6 Å². The van der Waals surface area contributed by atoms with Crippen molar-refractivity contribution in [2.75, 3.05) is 14.2 Å². The highest BCUT2D eigenvalue weighted by atomic mass is 16.5. The zero-order valence-corrected chi connectivity index (χ0v) is 14.8. The molecule has 3 N–H and O–H groups in total. The maximum Gasteiger partial charge on any atom is 0.327 e. The molecule has 3 amide bonds. The number of ether oxygens (including phenoxy) is 2. The first-order chi connectivity index (χ1) is 13.0. The quantitative estimate of drug-likeness (QED) is 0.391. The van der Waals surface area contributed by atoms with Crippen LogP contribution in [0.1, 0.15) is 11.3 Å². The summed E-state index contributed by atoms with van der Waals surface area (Å²) in [6, 6.07) is 8.40. The Morgan fingerprint density at radius 1 is 1.07 bits per heavy atom. The number of carbonyl (C=O) groups is 3. The van der Waals surface area contributed by atoms with Crippen molar-refractivity contribution in [3.8, 4) is 11.5 Å². The van der Waals surface area contributed by atoms with E-state index in [1.54, 1.807) is 30.3 Å². The van der Waals surface area contributed by atoms with Gasteiger partial charge < -0.3 is 19.2 Å². The number of hydrazine groups is 1. The molecule has 1 aromatic carbocycles. The lowest BCUT2D eigenvalue weighted by atomic mass is 10.1. The minimum atomic E-state index is -1.01. The molecule has 2 rings (SSSR count). The normalized spacial score (nSPS) is 10.3. The number of hydrogen-bond donors (Lipinski definition) is 3. The topological polar surface area (TPSA) is 119 Å². The van der Waals surface area contributed by atoms with E-state index in [0.29, 0.717) is 22.8 Å². The first-order valence-corrected chi connectivity index (χ1v) is 7.84. The van der Waals surface area contributed by atoms with Gasteiger partial charge in [0.1, 0.15) is 17.3 Å². The lowest BCUT2D eigenvalue weighted by Crippen LogP contribution is -2.47. The molecule has 2 aromatic rings. The van der Waals surface area contributed by atoms with Crippen LogP contribution >= 0.6 is 0 Å². The highest BCUT2D eigenvalue weighted by Crippen LogP contribution is 2.25. The highest BCUT2D eigenvalue weighted by molar-refractivity contribution is 6.35. The van der Waals surface area contributed by atoms with Crippen LogP contribution in [-0.4, -0.2) is 31.9 Å². The van der Waals surface area contributed by atoms with Gasteiger partial charge in [0, 0.05) is 17.7 Å². The van der Waals surface area contributed by atoms with Crippen LogP contribution in [0.4, 0.5) is 0 Å². The summed E-state index contributed by atoms with van der Waals surface area (Å²) in [7, 11) is 3.03. The second-order valence-electron chi connectivity index (χ2n) is 5.15. The van der Waals surface area contributed by atoms with E-state index < -0.39 is 17.7 Å². The zero-order chi connectivity index (χ0) is 19.6. The Balaban J connectivity index is 1.82. The summed E-state index contributed by atoms with van der Waals surface area (Å²) >= 11 is 0. The fourth-order valence-corrected chi connectivity index (χ4v) is 2.00. The molecule has 0 spiro atoms. The van der Waals surface area contributed by atoms with Gasteiger partial charge in [-0.2, -0.15) is 0 Å². The third-order valence-electron chi connectivity index (χ3n) is 3.36. The average Bonchev–Trinajstić information content (AvgIpc) is 3.21. The molecule has 1 heterocycles. The Morgan fingerprint density at radius 3 is 2.56 bits per heavy atom. The summed E-state index contributed by atoms with van der Waals surface area (Å²) in [4.78, 5) is 35.0. The molecule has 142 valence electrons. The first-order valence-electron chi connectivity index (χ1n) is 7.84. The molecule has 0 saturated heterocycles. The van der Waals surface area contributed by atoms with E-state index in [2.05, 4.69) is 10.7 Å². The summed E-state index contributed by atoms with van der Waals surface area (Å²) in [6.07, 6.45) is 4.13. The number of furan rings is 1. The molecule has 9 nitrogen and oxygen atoms in total. The molecule has 27 heavy (non-hydrogen) atoms. The van der Waals surface area contributed by atoms with E-state index in [1.807, 2.05) is 5.43 Å². The van der Waals surface area contributed by atoms with Crippen LogP contribution in [0.5, 0.6) is 11.5 Å². The molecule has 0 radical (unpaired) electrons. The predicted molar refractivity (Wildman–Crippen MR) is 95.4 cm³/mol. The van der Waals surface area contributed by atoms with Crippen molar-refractivity contribution in [3.63, 3.8) is 0 Å². The summed E-state index contributed by atoms with van der Waals surface area (Å²) in [5, 5.41) is 2.35. The third-order valence-corrected chi connectivity index (χ3v) is 3.36. The zero-order valence-electron chi connectivity index (χ0n) is 14.8. The molecule has 0 aliphatic carbocycles. The number of amides is 3. The van der Waals surface area contributed by atoms with E-state index >= 15 is 0 Å². The summed E-state index contributed by atoms with van der Waals surface area (Å²) in [6.45, 7) is 0.0599. The van der Waals surface area contributed by atoms with Crippen molar-refractivity contribution in [1.82, 2.24) is 16.2 Å². The van der Waals surface area contributed by atoms with Crippen molar-refractivity contribution in [2.24, 2.45) is 0 Å². The van der Waals surface area contributed by atoms with Crippen molar-refractivity contribution in [2.45, 2.75) is 6.54 Å². The summed E-state index contributed by atoms with van der Waals surface area (Å²) in [5.41, 5.74) is 4.76. The van der Waals surface area contributed by atoms with Gasteiger partial charge in [0.25, 0.3) is 5.91 Å². The lowest BCUT2D eigenvalue weighted by Gasteiger charge is -2.07. The Morgan fingerprint density at radius 2 is 1.89 bits per heavy atom. The van der Waals surface area contributed by atoms with Crippen molar-refractivity contribution in [3.05, 3.63) is 54.0 Å². The number of methoxy groups -OCH3 is 2. The van der Waals surface area contributed by atoms with Crippen LogP contribution < -0.4 is 25.6 Å². The van der Waals surface area contributed by atoms with Gasteiger partial charge in [-0.3, -0.25) is 25.2 Å². The maximum absolute atomic E-state index is 11.8. The first kappa shape index (κ1) is 19.6. The highest BCUT2D eigenvalue weighted by Gasteiger charge is 2.13. The summed E-state index contributed by atoms with van der Waals surface area (Å²) in [5.74, 6) is -0.921. The van der Waals surface area contributed by atoms with Crippen molar-refractivity contribution < 1.29 is 28.3 Å². The standard InChI is InChI=1S/C18H19N3O6/c1-25-13-7-5-12(15(10-13)26-2)6-8-16(22)20-21-18(24)17(23)19-11-14-4-3-9-27-14/h3-10H,11H2,1-2H3,(H,19,23)(H,20,22)(H,21,24)/b8-6+. The van der Waals surface area contributed by atoms with Crippen LogP contribution in [0.3, 0.4) is 0 Å². The van der Waals surface area contributed by atoms with E-state index in [0.717, 1.165) is 0 Å². The molecule has 1 aromatic heterocycles. The summed E-state index contributed by atoms with van der Waals surface area (Å²) < 4.78 is 15.3. The van der Waals surface area contributed by atoms with Crippen molar-refractivity contribution in [1.29, 1.82) is 0 Å². The molecular formula is C18H19N3O6. The minimum absolute atomic E-state index is 0.0599. The molecule has 0 aliphatic heterocycles. The maximum atomic E-state index is 11.8. The second-order valence-corrected chi connectivity index (χ2v) is 5.15. The van der Waals surface area contributed by atoms with Gasteiger partial charge in [0.15, 0.2) is 0 Å². The molecule has 0 saturated carbocycles. The number of carbonyl (C=O) groups excluding carboxylic acids is 3. The third kappa shape index (κ3) is 5.92. The molecule has 0 bridgehead atoms. The molecule has 0 fully saturated rings. The van der Waals surface area contributed by atoms with Crippen LogP contribution in [0, 0.1) is 0 Å². The van der Waals surface area contributed by atoms with Crippen LogP contribution in [0.15, 0.2) is 47.1 Å². The van der Waals surface area contributed by atoms with Crippen molar-refractivity contribution >= 4 is 23.8 Å². The van der Waals surface area contributed by atoms with Gasteiger partial charge in [-0.15, -0.1) is 0 Å². The Hall–Kier alpha value is -3.75. The number of nitrogens with one attached hydrogen (secondary N) is 3. The largest absolute Gasteiger partial charge is 0.497 e. The smallest absolute Gasteiger partial charge is 0.327 e. The molecule has 0 unspecified atom stereocenters. The molecular weight excluding hydrogens is 354 g/mol.